The molecule has 0 spiro atoms. The zero-order valence-electron chi connectivity index (χ0n) is 17.6. The Morgan fingerprint density at radius 2 is 1.58 bits per heavy atom. The molecule has 8 heteroatoms. The zero-order chi connectivity index (χ0) is 22.1. The van der Waals surface area contributed by atoms with E-state index in [0.717, 1.165) is 10.3 Å². The second-order valence-corrected chi connectivity index (χ2v) is 7.62. The minimum atomic E-state index is -0.478. The highest BCUT2D eigenvalue weighted by Crippen LogP contribution is 2.19. The molecule has 1 aliphatic rings. The maximum atomic E-state index is 13.0. The van der Waals surface area contributed by atoms with Crippen molar-refractivity contribution in [2.45, 2.75) is 20.4 Å². The van der Waals surface area contributed by atoms with Gasteiger partial charge in [0.15, 0.2) is 5.78 Å². The number of H-pyrrole nitrogens is 1. The molecule has 0 aliphatic carbocycles. The maximum Gasteiger partial charge on any atom is 0.328 e. The molecule has 8 nitrogen and oxygen atoms in total. The zero-order valence-corrected chi connectivity index (χ0v) is 17.6. The van der Waals surface area contributed by atoms with Gasteiger partial charge in [0.1, 0.15) is 0 Å². The lowest BCUT2D eigenvalue weighted by Crippen LogP contribution is -2.48. The number of benzene rings is 2. The maximum absolute atomic E-state index is 13.0. The number of piperazine rings is 1. The Balaban J connectivity index is 1.49. The van der Waals surface area contributed by atoms with Crippen molar-refractivity contribution >= 4 is 28.3 Å². The number of anilines is 1. The Hall–Kier alpha value is -3.68. The summed E-state index contributed by atoms with van der Waals surface area (Å²) in [6.45, 7) is 6.03. The minimum Gasteiger partial charge on any atom is -0.368 e. The van der Waals surface area contributed by atoms with E-state index in [0.29, 0.717) is 48.2 Å². The van der Waals surface area contributed by atoms with Crippen LogP contribution < -0.4 is 16.1 Å². The fourth-order valence-corrected chi connectivity index (χ4v) is 3.93. The molecule has 0 bridgehead atoms. The van der Waals surface area contributed by atoms with Gasteiger partial charge in [-0.25, -0.2) is 4.79 Å². The first kappa shape index (κ1) is 20.6. The number of nitrogens with zero attached hydrogens (tertiary/aromatic N) is 3. The van der Waals surface area contributed by atoms with Crippen molar-refractivity contribution < 1.29 is 9.59 Å². The molecule has 0 saturated carbocycles. The van der Waals surface area contributed by atoms with E-state index in [2.05, 4.69) is 9.88 Å². The van der Waals surface area contributed by atoms with Crippen molar-refractivity contribution in [2.24, 2.45) is 0 Å². The van der Waals surface area contributed by atoms with Gasteiger partial charge in [-0.05, 0) is 56.3 Å². The molecule has 3 aromatic rings. The third-order valence-corrected chi connectivity index (χ3v) is 5.75. The second-order valence-electron chi connectivity index (χ2n) is 7.62. The third kappa shape index (κ3) is 3.88. The number of nitrogens with one attached hydrogen (secondary N) is 1. The Morgan fingerprint density at radius 3 is 2.19 bits per heavy atom. The average Bonchev–Trinajstić information content (AvgIpc) is 2.78. The number of fused-ring (bicyclic) bond motifs is 1. The van der Waals surface area contributed by atoms with Crippen molar-refractivity contribution in [1.82, 2.24) is 14.5 Å². The number of aromatic amines is 1. The van der Waals surface area contributed by atoms with Crippen LogP contribution in [0.3, 0.4) is 0 Å². The van der Waals surface area contributed by atoms with Crippen molar-refractivity contribution in [2.75, 3.05) is 31.1 Å². The van der Waals surface area contributed by atoms with Crippen LogP contribution >= 0.6 is 0 Å². The van der Waals surface area contributed by atoms with Crippen LogP contribution in [0.25, 0.3) is 10.9 Å². The molecule has 0 radical (unpaired) electrons. The van der Waals surface area contributed by atoms with Gasteiger partial charge in [0.25, 0.3) is 11.5 Å². The van der Waals surface area contributed by atoms with Gasteiger partial charge in [0.05, 0.1) is 10.9 Å². The lowest BCUT2D eigenvalue weighted by molar-refractivity contribution is 0.0746. The molecule has 4 rings (SSSR count). The van der Waals surface area contributed by atoms with Gasteiger partial charge in [-0.15, -0.1) is 0 Å². The van der Waals surface area contributed by atoms with E-state index >= 15 is 0 Å². The first-order valence-corrected chi connectivity index (χ1v) is 10.3. The van der Waals surface area contributed by atoms with Crippen molar-refractivity contribution in [3.63, 3.8) is 0 Å². The highest BCUT2D eigenvalue weighted by molar-refractivity contribution is 5.98. The Morgan fingerprint density at radius 1 is 0.935 bits per heavy atom. The molecule has 1 saturated heterocycles. The molecule has 1 fully saturated rings. The first-order valence-electron chi connectivity index (χ1n) is 10.3. The number of aromatic nitrogens is 2. The molecule has 31 heavy (non-hydrogen) atoms. The molecule has 0 unspecified atom stereocenters. The number of ketones is 1. The average molecular weight is 420 g/mol. The van der Waals surface area contributed by atoms with Crippen molar-refractivity contribution in [3.05, 3.63) is 74.4 Å². The van der Waals surface area contributed by atoms with E-state index in [1.54, 1.807) is 36.9 Å². The SMILES string of the molecule is CCn1c(=O)[nH]c2cc(C(=O)N3CCN(c4ccc(C(C)=O)cc4)CC3)ccc2c1=O. The van der Waals surface area contributed by atoms with Crippen LogP contribution in [0.2, 0.25) is 0 Å². The summed E-state index contributed by atoms with van der Waals surface area (Å²) in [7, 11) is 0. The molecule has 1 N–H and O–H groups in total. The van der Waals surface area contributed by atoms with E-state index in [9.17, 15) is 19.2 Å². The second kappa shape index (κ2) is 8.22. The van der Waals surface area contributed by atoms with Crippen molar-refractivity contribution in [1.29, 1.82) is 0 Å². The normalized spacial score (nSPS) is 14.1. The number of hydrogen-bond acceptors (Lipinski definition) is 5. The number of hydrogen-bond donors (Lipinski definition) is 1. The number of rotatable bonds is 4. The van der Waals surface area contributed by atoms with Gasteiger partial charge in [-0.3, -0.25) is 19.0 Å². The topological polar surface area (TPSA) is 95.5 Å². The fourth-order valence-electron chi connectivity index (χ4n) is 3.93. The van der Waals surface area contributed by atoms with Gasteiger partial charge < -0.3 is 14.8 Å². The number of amides is 1. The van der Waals surface area contributed by atoms with Crippen LogP contribution in [0.4, 0.5) is 5.69 Å². The standard InChI is InChI=1S/C23H24N4O4/c1-3-27-22(30)19-9-6-17(14-20(19)24-23(27)31)21(29)26-12-10-25(11-13-26)18-7-4-16(5-8-18)15(2)28/h4-9,14H,3,10-13H2,1-2H3,(H,24,31). The summed E-state index contributed by atoms with van der Waals surface area (Å²) in [5.41, 5.74) is 1.68. The van der Waals surface area contributed by atoms with E-state index in [1.165, 1.54) is 0 Å². The lowest BCUT2D eigenvalue weighted by atomic mass is 10.1. The Labute approximate surface area is 178 Å². The summed E-state index contributed by atoms with van der Waals surface area (Å²) in [4.78, 5) is 55.6. The van der Waals surface area contributed by atoms with Crippen LogP contribution in [0.1, 0.15) is 34.6 Å². The number of carbonyl (C=O) groups is 2. The van der Waals surface area contributed by atoms with E-state index < -0.39 is 5.69 Å². The predicted molar refractivity (Wildman–Crippen MR) is 119 cm³/mol. The molecular weight excluding hydrogens is 396 g/mol. The monoisotopic (exact) mass is 420 g/mol. The molecule has 1 aliphatic heterocycles. The molecule has 2 aromatic carbocycles. The lowest BCUT2D eigenvalue weighted by Gasteiger charge is -2.36. The molecule has 2 heterocycles. The van der Waals surface area contributed by atoms with E-state index in [-0.39, 0.29) is 23.8 Å². The van der Waals surface area contributed by atoms with E-state index in [4.69, 9.17) is 0 Å². The fraction of sp³-hybridized carbons (Fsp3) is 0.304. The summed E-state index contributed by atoms with van der Waals surface area (Å²) < 4.78 is 1.13. The van der Waals surface area contributed by atoms with Crippen molar-refractivity contribution in [3.8, 4) is 0 Å². The quantitative estimate of drug-likeness (QED) is 0.650. The van der Waals surface area contributed by atoms with Gasteiger partial charge in [0.2, 0.25) is 0 Å². The summed E-state index contributed by atoms with van der Waals surface area (Å²) in [5, 5.41) is 0.386. The van der Waals surface area contributed by atoms with Crippen LogP contribution in [0, 0.1) is 0 Å². The highest BCUT2D eigenvalue weighted by Gasteiger charge is 2.23. The summed E-state index contributed by atoms with van der Waals surface area (Å²) in [6.07, 6.45) is 0. The van der Waals surface area contributed by atoms with E-state index in [1.807, 2.05) is 24.3 Å². The van der Waals surface area contributed by atoms with Gasteiger partial charge in [-0.1, -0.05) is 0 Å². The van der Waals surface area contributed by atoms with Crippen LogP contribution in [-0.2, 0) is 6.54 Å². The molecule has 1 amide bonds. The number of Topliss-reactive ketones (excluding diaryl/α,β-unsaturated/α-hetero) is 1. The Kier molecular flexibility index (Phi) is 5.46. The minimum absolute atomic E-state index is 0.0345. The summed E-state index contributed by atoms with van der Waals surface area (Å²) >= 11 is 0. The van der Waals surface area contributed by atoms with Crippen LogP contribution in [0.5, 0.6) is 0 Å². The number of carbonyl (C=O) groups excluding carboxylic acids is 2. The van der Waals surface area contributed by atoms with Gasteiger partial charge >= 0.3 is 5.69 Å². The van der Waals surface area contributed by atoms with Crippen LogP contribution in [0.15, 0.2) is 52.1 Å². The largest absolute Gasteiger partial charge is 0.368 e. The molecular formula is C23H24N4O4. The summed E-state index contributed by atoms with van der Waals surface area (Å²) in [6, 6.07) is 12.3. The first-order chi connectivity index (χ1) is 14.9. The molecule has 0 atom stereocenters. The Bertz CT molecular complexity index is 1270. The molecule has 1 aromatic heterocycles. The van der Waals surface area contributed by atoms with Gasteiger partial charge in [0, 0.05) is 49.5 Å². The highest BCUT2D eigenvalue weighted by atomic mass is 16.2. The van der Waals surface area contributed by atoms with Crippen LogP contribution in [-0.4, -0.2) is 52.3 Å². The predicted octanol–water partition coefficient (Wildman–Crippen LogP) is 1.87. The van der Waals surface area contributed by atoms with Gasteiger partial charge in [-0.2, -0.15) is 0 Å². The molecule has 160 valence electrons. The smallest absolute Gasteiger partial charge is 0.328 e. The third-order valence-electron chi connectivity index (χ3n) is 5.75. The summed E-state index contributed by atoms with van der Waals surface area (Å²) in [5.74, 6) is -0.0960.